The average Bonchev–Trinajstić information content (AvgIpc) is 2.97. The fourth-order valence-corrected chi connectivity index (χ4v) is 4.22. The second-order valence-electron chi connectivity index (χ2n) is 4.75. The van der Waals surface area contributed by atoms with Crippen LogP contribution in [0.2, 0.25) is 0 Å². The number of carbonyl (C=O) groups excluding carboxylic acids is 1. The molecule has 1 spiro atoms. The Hall–Kier alpha value is -1.56. The predicted octanol–water partition coefficient (Wildman–Crippen LogP) is 0.775. The van der Waals surface area contributed by atoms with Crippen LogP contribution in [0, 0.1) is 5.41 Å². The molecular formula is C11H12N2O3S. The van der Waals surface area contributed by atoms with Crippen LogP contribution >= 0.6 is 0 Å². The highest BCUT2D eigenvalue weighted by Gasteiger charge is 2.54. The van der Waals surface area contributed by atoms with E-state index in [0.717, 1.165) is 0 Å². The summed E-state index contributed by atoms with van der Waals surface area (Å²) in [5.74, 6) is -0.298. The van der Waals surface area contributed by atoms with Gasteiger partial charge in [-0.2, -0.15) is 0 Å². The van der Waals surface area contributed by atoms with E-state index in [1.165, 1.54) is 18.2 Å². The van der Waals surface area contributed by atoms with Crippen molar-refractivity contribution in [1.29, 1.82) is 0 Å². The first-order valence-electron chi connectivity index (χ1n) is 5.37. The van der Waals surface area contributed by atoms with Gasteiger partial charge in [0, 0.05) is 5.69 Å². The Kier molecular flexibility index (Phi) is 1.87. The highest BCUT2D eigenvalue weighted by Crippen LogP contribution is 2.50. The van der Waals surface area contributed by atoms with Gasteiger partial charge in [0.2, 0.25) is 5.91 Å². The standard InChI is InChI=1S/C11H12N2O3S/c12-7-1-2-9-8(5-7)13-10(14)11(3-4-11)6-17(9,15)16/h1-2,5H,3-4,6,12H2,(H,13,14). The van der Waals surface area contributed by atoms with Crippen LogP contribution in [0.15, 0.2) is 23.1 Å². The molecule has 1 aliphatic carbocycles. The lowest BCUT2D eigenvalue weighted by Crippen LogP contribution is -2.27. The van der Waals surface area contributed by atoms with Crippen LogP contribution in [-0.4, -0.2) is 20.1 Å². The third-order valence-electron chi connectivity index (χ3n) is 3.39. The molecule has 0 saturated heterocycles. The molecule has 0 bridgehead atoms. The van der Waals surface area contributed by atoms with Crippen LogP contribution in [0.5, 0.6) is 0 Å². The van der Waals surface area contributed by atoms with Crippen LogP contribution in [0.3, 0.4) is 0 Å². The molecule has 1 aromatic carbocycles. The number of carbonyl (C=O) groups is 1. The molecule has 90 valence electrons. The largest absolute Gasteiger partial charge is 0.399 e. The Morgan fingerprint density at radius 3 is 2.65 bits per heavy atom. The van der Waals surface area contributed by atoms with Gasteiger partial charge in [-0.3, -0.25) is 4.79 Å². The highest BCUT2D eigenvalue weighted by molar-refractivity contribution is 7.91. The maximum Gasteiger partial charge on any atom is 0.231 e. The van der Waals surface area contributed by atoms with E-state index in [4.69, 9.17) is 5.73 Å². The van der Waals surface area contributed by atoms with Gasteiger partial charge in [-0.25, -0.2) is 8.42 Å². The third-order valence-corrected chi connectivity index (χ3v) is 5.35. The van der Waals surface area contributed by atoms with Crippen molar-refractivity contribution in [2.75, 3.05) is 16.8 Å². The zero-order chi connectivity index (χ0) is 12.3. The van der Waals surface area contributed by atoms with E-state index in [-0.39, 0.29) is 16.6 Å². The van der Waals surface area contributed by atoms with E-state index < -0.39 is 15.3 Å². The Labute approximate surface area is 98.9 Å². The third kappa shape index (κ3) is 1.51. The number of rotatable bonds is 0. The number of sulfone groups is 1. The molecule has 1 aliphatic heterocycles. The van der Waals surface area contributed by atoms with Crippen molar-refractivity contribution < 1.29 is 13.2 Å². The van der Waals surface area contributed by atoms with Crippen LogP contribution in [0.1, 0.15) is 12.8 Å². The fourth-order valence-electron chi connectivity index (χ4n) is 2.20. The van der Waals surface area contributed by atoms with Gasteiger partial charge in [-0.15, -0.1) is 0 Å². The number of benzene rings is 1. The summed E-state index contributed by atoms with van der Waals surface area (Å²) in [5, 5.41) is 2.67. The van der Waals surface area contributed by atoms with Gasteiger partial charge in [0.25, 0.3) is 0 Å². The number of nitrogens with two attached hydrogens (primary N) is 1. The molecule has 6 heteroatoms. The van der Waals surface area contributed by atoms with E-state index in [1.807, 2.05) is 0 Å². The molecule has 17 heavy (non-hydrogen) atoms. The van der Waals surface area contributed by atoms with Gasteiger partial charge in [-0.05, 0) is 31.0 Å². The van der Waals surface area contributed by atoms with Gasteiger partial charge < -0.3 is 11.1 Å². The maximum atomic E-state index is 12.2. The van der Waals surface area contributed by atoms with Crippen LogP contribution < -0.4 is 11.1 Å². The molecule has 3 N–H and O–H groups in total. The summed E-state index contributed by atoms with van der Waals surface area (Å²) in [5.41, 5.74) is 5.64. The van der Waals surface area contributed by atoms with Gasteiger partial charge in [-0.1, -0.05) is 0 Å². The maximum absolute atomic E-state index is 12.2. The molecule has 1 saturated carbocycles. The molecule has 5 nitrogen and oxygen atoms in total. The van der Waals surface area contributed by atoms with E-state index in [0.29, 0.717) is 24.2 Å². The number of nitrogen functional groups attached to an aromatic ring is 1. The second kappa shape index (κ2) is 3.01. The summed E-state index contributed by atoms with van der Waals surface area (Å²) in [7, 11) is -3.41. The van der Waals surface area contributed by atoms with Crippen molar-refractivity contribution in [1.82, 2.24) is 0 Å². The average molecular weight is 252 g/mol. The lowest BCUT2D eigenvalue weighted by Gasteiger charge is -2.08. The Morgan fingerprint density at radius 1 is 1.29 bits per heavy atom. The zero-order valence-electron chi connectivity index (χ0n) is 9.06. The van der Waals surface area contributed by atoms with Crippen molar-refractivity contribution in [3.05, 3.63) is 18.2 Å². The molecule has 1 amide bonds. The van der Waals surface area contributed by atoms with Crippen LogP contribution in [0.4, 0.5) is 11.4 Å². The van der Waals surface area contributed by atoms with Crippen molar-refractivity contribution in [2.45, 2.75) is 17.7 Å². The Balaban J connectivity index is 2.21. The quantitative estimate of drug-likeness (QED) is 0.667. The van der Waals surface area contributed by atoms with Crippen LogP contribution in [-0.2, 0) is 14.6 Å². The molecule has 1 fully saturated rings. The van der Waals surface area contributed by atoms with Gasteiger partial charge in [0.1, 0.15) is 0 Å². The molecule has 0 atom stereocenters. The van der Waals surface area contributed by atoms with Gasteiger partial charge >= 0.3 is 0 Å². The molecule has 1 heterocycles. The minimum absolute atomic E-state index is 0.0945. The summed E-state index contributed by atoms with van der Waals surface area (Å²) in [6.07, 6.45) is 1.28. The summed E-state index contributed by atoms with van der Waals surface area (Å²) in [6.45, 7) is 0. The monoisotopic (exact) mass is 252 g/mol. The molecular weight excluding hydrogens is 240 g/mol. The Bertz CT molecular complexity index is 618. The van der Waals surface area contributed by atoms with Crippen molar-refractivity contribution in [2.24, 2.45) is 5.41 Å². The summed E-state index contributed by atoms with van der Waals surface area (Å²) in [6, 6.07) is 4.49. The highest BCUT2D eigenvalue weighted by atomic mass is 32.2. The van der Waals surface area contributed by atoms with E-state index in [9.17, 15) is 13.2 Å². The van der Waals surface area contributed by atoms with Crippen LogP contribution in [0.25, 0.3) is 0 Å². The molecule has 1 aromatic rings. The molecule has 3 rings (SSSR count). The first-order chi connectivity index (χ1) is 7.93. The second-order valence-corrected chi connectivity index (χ2v) is 6.71. The fraction of sp³-hybridized carbons (Fsp3) is 0.364. The van der Waals surface area contributed by atoms with Gasteiger partial charge in [0.15, 0.2) is 9.84 Å². The number of hydrogen-bond acceptors (Lipinski definition) is 4. The SMILES string of the molecule is Nc1ccc2c(c1)NC(=O)C1(CC1)CS2(=O)=O. The Morgan fingerprint density at radius 2 is 2.00 bits per heavy atom. The first-order valence-corrected chi connectivity index (χ1v) is 7.02. The van der Waals surface area contributed by atoms with Crippen molar-refractivity contribution >= 4 is 27.1 Å². The smallest absolute Gasteiger partial charge is 0.231 e. The van der Waals surface area contributed by atoms with Crippen molar-refractivity contribution in [3.63, 3.8) is 0 Å². The van der Waals surface area contributed by atoms with E-state index in [2.05, 4.69) is 5.32 Å². The molecule has 0 radical (unpaired) electrons. The number of amides is 1. The molecule has 2 aliphatic rings. The van der Waals surface area contributed by atoms with E-state index >= 15 is 0 Å². The number of anilines is 2. The summed E-state index contributed by atoms with van der Waals surface area (Å²) >= 11 is 0. The van der Waals surface area contributed by atoms with Crippen molar-refractivity contribution in [3.8, 4) is 0 Å². The normalized spacial score (nSPS) is 23.6. The van der Waals surface area contributed by atoms with Gasteiger partial charge in [0.05, 0.1) is 21.8 Å². The lowest BCUT2D eigenvalue weighted by molar-refractivity contribution is -0.120. The topological polar surface area (TPSA) is 89.3 Å². The minimum atomic E-state index is -3.41. The van der Waals surface area contributed by atoms with E-state index in [1.54, 1.807) is 0 Å². The zero-order valence-corrected chi connectivity index (χ0v) is 9.88. The number of fused-ring (bicyclic) bond motifs is 1. The lowest BCUT2D eigenvalue weighted by atomic mass is 10.1. The minimum Gasteiger partial charge on any atom is -0.399 e. The summed E-state index contributed by atoms with van der Waals surface area (Å²) in [4.78, 5) is 12.1. The number of nitrogens with one attached hydrogen (secondary N) is 1. The molecule has 0 unspecified atom stereocenters. The molecule has 0 aromatic heterocycles. The first kappa shape index (κ1) is 10.6. The predicted molar refractivity (Wildman–Crippen MR) is 63.2 cm³/mol. The summed E-state index contributed by atoms with van der Waals surface area (Å²) < 4.78 is 24.3. The number of hydrogen-bond donors (Lipinski definition) is 2.